The largest absolute Gasteiger partial charge is 0.384 e. The van der Waals surface area contributed by atoms with Crippen LogP contribution in [0.15, 0.2) is 72.0 Å². The van der Waals surface area contributed by atoms with Crippen molar-refractivity contribution >= 4 is 39.4 Å². The Labute approximate surface area is 162 Å². The van der Waals surface area contributed by atoms with E-state index in [1.807, 2.05) is 18.2 Å². The third-order valence-corrected chi connectivity index (χ3v) is 5.67. The van der Waals surface area contributed by atoms with Crippen molar-refractivity contribution < 1.29 is 9.32 Å². The number of aromatic nitrogens is 3. The lowest BCUT2D eigenvalue weighted by Crippen LogP contribution is -2.04. The third kappa shape index (κ3) is 3.32. The Morgan fingerprint density at radius 1 is 1.11 bits per heavy atom. The molecular weight excluding hydrogens is 384 g/mol. The van der Waals surface area contributed by atoms with Crippen LogP contribution in [0.1, 0.15) is 17.2 Å². The highest BCUT2D eigenvalue weighted by atomic mass is 35.5. The van der Waals surface area contributed by atoms with Gasteiger partial charge in [-0.15, -0.1) is 0 Å². The molecule has 0 radical (unpaired) electrons. The van der Waals surface area contributed by atoms with Crippen LogP contribution in [0.5, 0.6) is 0 Å². The summed E-state index contributed by atoms with van der Waals surface area (Å²) in [6.45, 7) is 0. The maximum Gasteiger partial charge on any atom is 0.158 e. The van der Waals surface area contributed by atoms with Crippen LogP contribution in [0.4, 0.5) is 5.82 Å². The average Bonchev–Trinajstić information content (AvgIpc) is 3.06. The summed E-state index contributed by atoms with van der Waals surface area (Å²) >= 11 is 6.11. The first kappa shape index (κ1) is 17.7. The lowest BCUT2D eigenvalue weighted by molar-refractivity contribution is 0.221. The van der Waals surface area contributed by atoms with Crippen LogP contribution in [0.2, 0.25) is 5.02 Å². The molecule has 4 aromatic rings. The first-order valence-corrected chi connectivity index (χ1v) is 9.56. The van der Waals surface area contributed by atoms with E-state index >= 15 is 0 Å². The molecule has 6 nitrogen and oxygen atoms in total. The Morgan fingerprint density at radius 3 is 2.59 bits per heavy atom. The van der Waals surface area contributed by atoms with Crippen LogP contribution in [-0.4, -0.2) is 23.3 Å². The van der Waals surface area contributed by atoms with E-state index in [2.05, 4.69) is 9.97 Å². The number of aliphatic hydroxyl groups is 1. The molecule has 0 bridgehead atoms. The molecule has 0 aliphatic carbocycles. The number of pyridine rings is 2. The zero-order valence-corrected chi connectivity index (χ0v) is 15.6. The van der Waals surface area contributed by atoms with Gasteiger partial charge >= 0.3 is 0 Å². The lowest BCUT2D eigenvalue weighted by atomic mass is 10.0. The summed E-state index contributed by atoms with van der Waals surface area (Å²) in [6, 6.07) is 14.1. The van der Waals surface area contributed by atoms with Crippen molar-refractivity contribution in [2.45, 2.75) is 11.0 Å². The van der Waals surface area contributed by atoms with Gasteiger partial charge in [0.15, 0.2) is 16.6 Å². The summed E-state index contributed by atoms with van der Waals surface area (Å²) in [5, 5.41) is 11.9. The molecule has 0 spiro atoms. The fourth-order valence-corrected chi connectivity index (χ4v) is 4.12. The van der Waals surface area contributed by atoms with Gasteiger partial charge in [-0.3, -0.25) is 0 Å². The molecule has 4 rings (SSSR count). The van der Waals surface area contributed by atoms with Crippen LogP contribution in [-0.2, 0) is 11.0 Å². The quantitative estimate of drug-likeness (QED) is 0.550. The monoisotopic (exact) mass is 398 g/mol. The van der Waals surface area contributed by atoms with Gasteiger partial charge in [0.05, 0.1) is 9.92 Å². The Balaban J connectivity index is 1.87. The van der Waals surface area contributed by atoms with Gasteiger partial charge in [-0.25, -0.2) is 18.1 Å². The van der Waals surface area contributed by atoms with Gasteiger partial charge in [-0.05, 0) is 24.3 Å². The minimum Gasteiger partial charge on any atom is -0.384 e. The van der Waals surface area contributed by atoms with Crippen LogP contribution < -0.4 is 5.73 Å². The van der Waals surface area contributed by atoms with Crippen LogP contribution >= 0.6 is 11.6 Å². The van der Waals surface area contributed by atoms with Gasteiger partial charge in [-0.1, -0.05) is 35.9 Å². The predicted octanol–water partition coefficient (Wildman–Crippen LogP) is 3.32. The molecule has 27 heavy (non-hydrogen) atoms. The average molecular weight is 399 g/mol. The Bertz CT molecular complexity index is 1130. The van der Waals surface area contributed by atoms with E-state index in [0.717, 1.165) is 0 Å². The normalized spacial score (nSPS) is 13.6. The zero-order valence-electron chi connectivity index (χ0n) is 14.0. The number of hydrogen-bond donors (Lipinski definition) is 2. The highest BCUT2D eigenvalue weighted by Crippen LogP contribution is 2.32. The molecule has 8 heteroatoms. The molecule has 136 valence electrons. The van der Waals surface area contributed by atoms with Gasteiger partial charge in [0, 0.05) is 35.1 Å². The lowest BCUT2D eigenvalue weighted by Gasteiger charge is -2.09. The van der Waals surface area contributed by atoms with E-state index in [1.54, 1.807) is 36.5 Å². The number of halogens is 1. The molecule has 0 saturated carbocycles. The SMILES string of the molecule is Nc1ccc(C(O)c2cn(S(=O)c3ccccc3)c3ncc(Cl)cc23)cn1. The molecule has 0 aliphatic rings. The maximum absolute atomic E-state index is 13.1. The molecule has 0 fully saturated rings. The number of nitrogens with zero attached hydrogens (tertiary/aromatic N) is 3. The zero-order chi connectivity index (χ0) is 19.0. The summed E-state index contributed by atoms with van der Waals surface area (Å²) in [7, 11) is -1.52. The number of benzene rings is 1. The highest BCUT2D eigenvalue weighted by Gasteiger charge is 2.21. The molecule has 2 atom stereocenters. The summed E-state index contributed by atoms with van der Waals surface area (Å²) in [5.41, 5.74) is 7.19. The fourth-order valence-electron chi connectivity index (χ4n) is 2.83. The van der Waals surface area contributed by atoms with Gasteiger partial charge in [0.1, 0.15) is 11.9 Å². The molecular formula is C19H15ClN4O2S. The Hall–Kier alpha value is -2.74. The van der Waals surface area contributed by atoms with Crippen molar-refractivity contribution in [1.82, 2.24) is 13.9 Å². The highest BCUT2D eigenvalue weighted by molar-refractivity contribution is 7.83. The summed E-state index contributed by atoms with van der Waals surface area (Å²) in [5.74, 6) is 0.364. The molecule has 0 aliphatic heterocycles. The first-order chi connectivity index (χ1) is 13.0. The maximum atomic E-state index is 13.1. The van der Waals surface area contributed by atoms with Crippen molar-refractivity contribution in [2.24, 2.45) is 0 Å². The molecule has 0 saturated heterocycles. The second-order valence-corrected chi connectivity index (χ2v) is 7.72. The van der Waals surface area contributed by atoms with Gasteiger partial charge < -0.3 is 10.8 Å². The number of hydrogen-bond acceptors (Lipinski definition) is 5. The Kier molecular flexibility index (Phi) is 4.65. The minimum atomic E-state index is -1.52. The number of nitrogens with two attached hydrogens (primary N) is 1. The third-order valence-electron chi connectivity index (χ3n) is 4.15. The van der Waals surface area contributed by atoms with Crippen LogP contribution in [0.3, 0.4) is 0 Å². The fraction of sp³-hybridized carbons (Fsp3) is 0.0526. The van der Waals surface area contributed by atoms with Crippen molar-refractivity contribution in [3.8, 4) is 0 Å². The summed E-state index contributed by atoms with van der Waals surface area (Å²) < 4.78 is 14.6. The second kappa shape index (κ2) is 7.11. The van der Waals surface area contributed by atoms with E-state index in [1.165, 1.54) is 16.4 Å². The van der Waals surface area contributed by atoms with E-state index in [9.17, 15) is 9.32 Å². The number of fused-ring (bicyclic) bond motifs is 1. The van der Waals surface area contributed by atoms with Crippen molar-refractivity contribution in [2.75, 3.05) is 5.73 Å². The van der Waals surface area contributed by atoms with Gasteiger partial charge in [0.25, 0.3) is 0 Å². The summed E-state index contributed by atoms with van der Waals surface area (Å²) in [4.78, 5) is 8.98. The van der Waals surface area contributed by atoms with E-state index < -0.39 is 17.1 Å². The number of aliphatic hydroxyl groups excluding tert-OH is 1. The molecule has 3 aromatic heterocycles. The van der Waals surface area contributed by atoms with Gasteiger partial charge in [0.2, 0.25) is 0 Å². The number of anilines is 1. The minimum absolute atomic E-state index is 0.364. The van der Waals surface area contributed by atoms with E-state index in [-0.39, 0.29) is 0 Å². The molecule has 0 amide bonds. The first-order valence-electron chi connectivity index (χ1n) is 8.08. The van der Waals surface area contributed by atoms with Gasteiger partial charge in [-0.2, -0.15) is 0 Å². The van der Waals surface area contributed by atoms with Crippen LogP contribution in [0, 0.1) is 0 Å². The molecule has 3 heterocycles. The standard InChI is InChI=1S/C19H15ClN4O2S/c20-13-8-15-16(18(25)12-6-7-17(21)22-9-12)11-24(19(15)23-10-13)27(26)14-4-2-1-3-5-14/h1-11,18,25H,(H2,21,22). The van der Waals surface area contributed by atoms with E-state index in [0.29, 0.717) is 37.9 Å². The second-order valence-electron chi connectivity index (χ2n) is 5.92. The predicted molar refractivity (Wildman–Crippen MR) is 106 cm³/mol. The van der Waals surface area contributed by atoms with Crippen molar-refractivity contribution in [3.05, 3.63) is 83.3 Å². The van der Waals surface area contributed by atoms with Crippen LogP contribution in [0.25, 0.3) is 11.0 Å². The van der Waals surface area contributed by atoms with Crippen molar-refractivity contribution in [3.63, 3.8) is 0 Å². The Morgan fingerprint density at radius 2 is 1.89 bits per heavy atom. The molecule has 3 N–H and O–H groups in total. The van der Waals surface area contributed by atoms with Crippen molar-refractivity contribution in [1.29, 1.82) is 0 Å². The van der Waals surface area contributed by atoms with E-state index in [4.69, 9.17) is 17.3 Å². The smallest absolute Gasteiger partial charge is 0.158 e. The number of rotatable bonds is 4. The topological polar surface area (TPSA) is 94.0 Å². The molecule has 2 unspecified atom stereocenters. The number of nitrogen functional groups attached to an aromatic ring is 1. The summed E-state index contributed by atoms with van der Waals surface area (Å²) in [6.07, 6.45) is 3.65. The molecule has 1 aromatic carbocycles.